The molecule has 0 nitrogen and oxygen atoms in total. The molecule has 1 atom stereocenters. The lowest BCUT2D eigenvalue weighted by atomic mass is 10.1. The Labute approximate surface area is 57.3 Å². The SMILES string of the molecule is C=C(C)C1=CCC(C)C1. The molecule has 0 saturated carbocycles. The van der Waals surface area contributed by atoms with E-state index in [9.17, 15) is 0 Å². The van der Waals surface area contributed by atoms with Crippen LogP contribution in [0, 0.1) is 5.92 Å². The summed E-state index contributed by atoms with van der Waals surface area (Å²) in [6, 6.07) is 0. The Morgan fingerprint density at radius 2 is 2.44 bits per heavy atom. The maximum Gasteiger partial charge on any atom is -0.0251 e. The van der Waals surface area contributed by atoms with Crippen molar-refractivity contribution in [1.29, 1.82) is 0 Å². The zero-order valence-electron chi connectivity index (χ0n) is 6.28. The molecule has 1 aliphatic carbocycles. The van der Waals surface area contributed by atoms with Crippen molar-refractivity contribution in [1.82, 2.24) is 0 Å². The third-order valence-electron chi connectivity index (χ3n) is 1.88. The molecule has 1 rings (SSSR count). The third-order valence-corrected chi connectivity index (χ3v) is 1.88. The van der Waals surface area contributed by atoms with Crippen LogP contribution in [0.4, 0.5) is 0 Å². The van der Waals surface area contributed by atoms with Gasteiger partial charge in [-0.3, -0.25) is 0 Å². The van der Waals surface area contributed by atoms with E-state index in [2.05, 4.69) is 26.5 Å². The molecule has 0 heterocycles. The standard InChI is InChI=1S/C9H14/c1-7(2)9-5-4-8(3)6-9/h5,8H,1,4,6H2,2-3H3. The fourth-order valence-corrected chi connectivity index (χ4v) is 1.23. The normalized spacial score (nSPS) is 26.0. The predicted molar refractivity (Wildman–Crippen MR) is 41.3 cm³/mol. The van der Waals surface area contributed by atoms with Crippen LogP contribution in [0.2, 0.25) is 0 Å². The Hall–Kier alpha value is -0.520. The largest absolute Gasteiger partial charge is 0.0958 e. The van der Waals surface area contributed by atoms with Crippen molar-refractivity contribution in [3.8, 4) is 0 Å². The van der Waals surface area contributed by atoms with E-state index >= 15 is 0 Å². The Morgan fingerprint density at radius 1 is 1.78 bits per heavy atom. The molecule has 0 N–H and O–H groups in total. The molecular formula is C9H14. The molecule has 50 valence electrons. The summed E-state index contributed by atoms with van der Waals surface area (Å²) in [5, 5.41) is 0. The maximum absolute atomic E-state index is 3.90. The van der Waals surface area contributed by atoms with Crippen LogP contribution in [0.25, 0.3) is 0 Å². The summed E-state index contributed by atoms with van der Waals surface area (Å²) < 4.78 is 0. The van der Waals surface area contributed by atoms with E-state index in [1.54, 1.807) is 0 Å². The van der Waals surface area contributed by atoms with Crippen molar-refractivity contribution in [3.05, 3.63) is 23.8 Å². The highest BCUT2D eigenvalue weighted by Gasteiger charge is 2.11. The minimum atomic E-state index is 0.858. The van der Waals surface area contributed by atoms with Crippen LogP contribution >= 0.6 is 0 Å². The molecular weight excluding hydrogens is 108 g/mol. The number of allylic oxidation sites excluding steroid dienone is 3. The first-order chi connectivity index (χ1) is 4.20. The van der Waals surface area contributed by atoms with E-state index in [0.29, 0.717) is 0 Å². The van der Waals surface area contributed by atoms with Gasteiger partial charge in [-0.1, -0.05) is 25.2 Å². The van der Waals surface area contributed by atoms with E-state index in [1.807, 2.05) is 0 Å². The van der Waals surface area contributed by atoms with E-state index in [4.69, 9.17) is 0 Å². The van der Waals surface area contributed by atoms with Gasteiger partial charge in [-0.2, -0.15) is 0 Å². The summed E-state index contributed by atoms with van der Waals surface area (Å²) in [5.74, 6) is 0.858. The van der Waals surface area contributed by atoms with E-state index in [-0.39, 0.29) is 0 Å². The smallest absolute Gasteiger partial charge is 0.0251 e. The van der Waals surface area contributed by atoms with E-state index in [0.717, 1.165) is 5.92 Å². The average Bonchev–Trinajstić information content (AvgIpc) is 2.14. The van der Waals surface area contributed by atoms with Crippen LogP contribution in [0.3, 0.4) is 0 Å². The van der Waals surface area contributed by atoms with Crippen molar-refractivity contribution < 1.29 is 0 Å². The number of hydrogen-bond acceptors (Lipinski definition) is 0. The lowest BCUT2D eigenvalue weighted by Gasteiger charge is -2.00. The van der Waals surface area contributed by atoms with Gasteiger partial charge >= 0.3 is 0 Å². The number of hydrogen-bond donors (Lipinski definition) is 0. The molecule has 0 fully saturated rings. The van der Waals surface area contributed by atoms with E-state index in [1.165, 1.54) is 24.0 Å². The highest BCUT2D eigenvalue weighted by Crippen LogP contribution is 2.27. The van der Waals surface area contributed by atoms with Crippen molar-refractivity contribution in [2.45, 2.75) is 26.7 Å². The molecule has 0 bridgehead atoms. The second-order valence-electron chi connectivity index (χ2n) is 3.05. The zero-order valence-corrected chi connectivity index (χ0v) is 6.28. The number of rotatable bonds is 1. The lowest BCUT2D eigenvalue weighted by molar-refractivity contribution is 0.630. The fraction of sp³-hybridized carbons (Fsp3) is 0.556. The van der Waals surface area contributed by atoms with Crippen LogP contribution in [-0.2, 0) is 0 Å². The third kappa shape index (κ3) is 1.44. The monoisotopic (exact) mass is 122 g/mol. The van der Waals surface area contributed by atoms with Crippen LogP contribution in [-0.4, -0.2) is 0 Å². The van der Waals surface area contributed by atoms with Crippen LogP contribution in [0.1, 0.15) is 26.7 Å². The second-order valence-corrected chi connectivity index (χ2v) is 3.05. The quantitative estimate of drug-likeness (QED) is 0.501. The van der Waals surface area contributed by atoms with Gasteiger partial charge in [-0.05, 0) is 31.3 Å². The first kappa shape index (κ1) is 6.60. The summed E-state index contributed by atoms with van der Waals surface area (Å²) in [7, 11) is 0. The second kappa shape index (κ2) is 2.38. The summed E-state index contributed by atoms with van der Waals surface area (Å²) >= 11 is 0. The van der Waals surface area contributed by atoms with Gasteiger partial charge < -0.3 is 0 Å². The fourth-order valence-electron chi connectivity index (χ4n) is 1.23. The van der Waals surface area contributed by atoms with Gasteiger partial charge in [0.15, 0.2) is 0 Å². The van der Waals surface area contributed by atoms with Gasteiger partial charge in [0.25, 0.3) is 0 Å². The molecule has 0 aromatic carbocycles. The Morgan fingerprint density at radius 3 is 2.67 bits per heavy atom. The van der Waals surface area contributed by atoms with Crippen molar-refractivity contribution in [3.63, 3.8) is 0 Å². The van der Waals surface area contributed by atoms with Crippen LogP contribution in [0.5, 0.6) is 0 Å². The molecule has 0 amide bonds. The predicted octanol–water partition coefficient (Wildman–Crippen LogP) is 2.92. The van der Waals surface area contributed by atoms with Crippen LogP contribution in [0.15, 0.2) is 23.8 Å². The topological polar surface area (TPSA) is 0 Å². The lowest BCUT2D eigenvalue weighted by Crippen LogP contribution is -1.85. The Kier molecular flexibility index (Phi) is 1.75. The summed E-state index contributed by atoms with van der Waals surface area (Å²) in [5.41, 5.74) is 2.72. The summed E-state index contributed by atoms with van der Waals surface area (Å²) in [6.07, 6.45) is 4.81. The highest BCUT2D eigenvalue weighted by molar-refractivity contribution is 5.29. The van der Waals surface area contributed by atoms with Gasteiger partial charge in [-0.15, -0.1) is 0 Å². The van der Waals surface area contributed by atoms with Crippen molar-refractivity contribution >= 4 is 0 Å². The molecule has 0 aromatic heterocycles. The summed E-state index contributed by atoms with van der Waals surface area (Å²) in [4.78, 5) is 0. The average molecular weight is 122 g/mol. The van der Waals surface area contributed by atoms with E-state index < -0.39 is 0 Å². The molecule has 0 heteroatoms. The Balaban J connectivity index is 2.55. The van der Waals surface area contributed by atoms with Crippen molar-refractivity contribution in [2.24, 2.45) is 5.92 Å². The molecule has 0 spiro atoms. The minimum Gasteiger partial charge on any atom is -0.0958 e. The summed E-state index contributed by atoms with van der Waals surface area (Å²) in [6.45, 7) is 8.27. The molecule has 0 aliphatic heterocycles. The molecule has 9 heavy (non-hydrogen) atoms. The maximum atomic E-state index is 3.90. The molecule has 0 saturated heterocycles. The molecule has 1 unspecified atom stereocenters. The van der Waals surface area contributed by atoms with Gasteiger partial charge in [0.2, 0.25) is 0 Å². The van der Waals surface area contributed by atoms with Gasteiger partial charge in [-0.25, -0.2) is 0 Å². The highest BCUT2D eigenvalue weighted by atomic mass is 14.2. The van der Waals surface area contributed by atoms with Gasteiger partial charge in [0, 0.05) is 0 Å². The van der Waals surface area contributed by atoms with Crippen molar-refractivity contribution in [2.75, 3.05) is 0 Å². The van der Waals surface area contributed by atoms with Crippen LogP contribution < -0.4 is 0 Å². The molecule has 0 radical (unpaired) electrons. The first-order valence-corrected chi connectivity index (χ1v) is 3.55. The first-order valence-electron chi connectivity index (χ1n) is 3.55. The Bertz CT molecular complexity index is 151. The van der Waals surface area contributed by atoms with Gasteiger partial charge in [0.1, 0.15) is 0 Å². The molecule has 1 aliphatic rings. The minimum absolute atomic E-state index is 0.858. The molecule has 0 aromatic rings. The zero-order chi connectivity index (χ0) is 6.85. The van der Waals surface area contributed by atoms with Gasteiger partial charge in [0.05, 0.1) is 0 Å².